The molecule has 0 bridgehead atoms. The molecule has 234 valence electrons. The molecular weight excluding hydrogens is 556 g/mol. The lowest BCUT2D eigenvalue weighted by Crippen LogP contribution is -2.45. The van der Waals surface area contributed by atoms with Gasteiger partial charge in [0.15, 0.2) is 12.2 Å². The molecule has 2 heterocycles. The average Bonchev–Trinajstić information content (AvgIpc) is 3.02. The molecule has 12 nitrogen and oxygen atoms in total. The van der Waals surface area contributed by atoms with Gasteiger partial charge in [0.2, 0.25) is 0 Å². The summed E-state index contributed by atoms with van der Waals surface area (Å²) in [4.78, 5) is 39.8. The topological polar surface area (TPSA) is 163 Å². The van der Waals surface area contributed by atoms with Crippen LogP contribution >= 0.6 is 0 Å². The molecule has 0 aromatic heterocycles. The number of morpholine rings is 1. The number of carboxylic acid groups (broad SMARTS) is 2. The summed E-state index contributed by atoms with van der Waals surface area (Å²) >= 11 is 0. The minimum absolute atomic E-state index is 0.0331. The third-order valence-corrected chi connectivity index (χ3v) is 8.32. The van der Waals surface area contributed by atoms with Crippen LogP contribution in [-0.2, 0) is 27.2 Å². The molecule has 5 N–H and O–H groups in total. The van der Waals surface area contributed by atoms with Gasteiger partial charge < -0.3 is 45.2 Å². The monoisotopic (exact) mass is 598 g/mol. The second-order valence-electron chi connectivity index (χ2n) is 11.3. The predicted octanol–water partition coefficient (Wildman–Crippen LogP) is 0.748. The molecule has 2 aliphatic heterocycles. The molecule has 0 radical (unpaired) electrons. The molecule has 2 fully saturated rings. The van der Waals surface area contributed by atoms with Gasteiger partial charge in [0.25, 0.3) is 5.91 Å². The molecular formula is C31H42N4O8. The summed E-state index contributed by atoms with van der Waals surface area (Å²) in [6.45, 7) is 9.90. The largest absolute Gasteiger partial charge is 0.479 e. The number of carbonyl (C=O) groups is 3. The molecule has 2 aromatic rings. The first kappa shape index (κ1) is 32.2. The summed E-state index contributed by atoms with van der Waals surface area (Å²) in [5.41, 5.74) is 7.59. The number of aliphatic hydroxyl groups is 2. The van der Waals surface area contributed by atoms with Crippen molar-refractivity contribution in [3.8, 4) is 0 Å². The molecule has 2 aromatic carbocycles. The van der Waals surface area contributed by atoms with Crippen molar-refractivity contribution in [3.63, 3.8) is 0 Å². The normalized spacial score (nSPS) is 20.2. The highest BCUT2D eigenvalue weighted by Gasteiger charge is 2.29. The van der Waals surface area contributed by atoms with E-state index in [1.165, 1.54) is 22.4 Å². The minimum Gasteiger partial charge on any atom is -0.479 e. The summed E-state index contributed by atoms with van der Waals surface area (Å²) < 4.78 is 5.44. The highest BCUT2D eigenvalue weighted by molar-refractivity contribution is 5.94. The molecule has 3 aliphatic rings. The van der Waals surface area contributed by atoms with Gasteiger partial charge >= 0.3 is 11.9 Å². The summed E-state index contributed by atoms with van der Waals surface area (Å²) in [5, 5.41) is 35.9. The van der Waals surface area contributed by atoms with Crippen LogP contribution < -0.4 is 15.1 Å². The summed E-state index contributed by atoms with van der Waals surface area (Å²) in [5.74, 6) is -3.50. The van der Waals surface area contributed by atoms with Crippen molar-refractivity contribution in [2.75, 3.05) is 69.3 Å². The van der Waals surface area contributed by atoms with E-state index < -0.39 is 24.1 Å². The van der Waals surface area contributed by atoms with Crippen molar-refractivity contribution in [3.05, 3.63) is 58.7 Å². The number of nitrogens with zero attached hydrogens (tertiary/aromatic N) is 3. The van der Waals surface area contributed by atoms with Gasteiger partial charge in [-0.3, -0.25) is 4.79 Å². The number of likely N-dealkylation sites (N-methyl/N-ethyl adjacent to an activating group) is 1. The van der Waals surface area contributed by atoms with Gasteiger partial charge in [-0.15, -0.1) is 0 Å². The maximum Gasteiger partial charge on any atom is 0.335 e. The Kier molecular flexibility index (Phi) is 11.0. The lowest BCUT2D eigenvalue weighted by atomic mass is 9.84. The van der Waals surface area contributed by atoms with Crippen LogP contribution in [-0.4, -0.2) is 121 Å². The Morgan fingerprint density at radius 1 is 0.837 bits per heavy atom. The highest BCUT2D eigenvalue weighted by atomic mass is 16.5. The molecule has 1 aliphatic carbocycles. The number of aryl methyl sites for hydroxylation is 1. The number of aliphatic carboxylic acids is 2. The third kappa shape index (κ3) is 8.23. The zero-order chi connectivity index (χ0) is 31.1. The molecule has 43 heavy (non-hydrogen) atoms. The van der Waals surface area contributed by atoms with Crippen LogP contribution in [0.4, 0.5) is 11.4 Å². The number of carbonyl (C=O) groups excluding carboxylic acids is 1. The maximum atomic E-state index is 13.0. The first-order valence-corrected chi connectivity index (χ1v) is 14.7. The van der Waals surface area contributed by atoms with Crippen LogP contribution in [0.2, 0.25) is 0 Å². The molecule has 5 rings (SSSR count). The van der Waals surface area contributed by atoms with Crippen molar-refractivity contribution < 1.29 is 39.5 Å². The number of amides is 1. The number of piperazine rings is 1. The third-order valence-electron chi connectivity index (χ3n) is 8.32. The fraction of sp³-hybridized carbons (Fsp3) is 0.516. The van der Waals surface area contributed by atoms with E-state index in [-0.39, 0.29) is 11.9 Å². The quantitative estimate of drug-likeness (QED) is 0.306. The van der Waals surface area contributed by atoms with E-state index in [1.54, 1.807) is 0 Å². The second kappa shape index (κ2) is 14.6. The van der Waals surface area contributed by atoms with Crippen LogP contribution in [0.25, 0.3) is 0 Å². The number of ether oxygens (including phenoxy) is 1. The molecule has 3 atom stereocenters. The first-order valence-electron chi connectivity index (χ1n) is 14.7. The van der Waals surface area contributed by atoms with E-state index in [4.69, 9.17) is 25.2 Å². The maximum absolute atomic E-state index is 13.0. The number of rotatable bonds is 7. The van der Waals surface area contributed by atoms with E-state index in [0.717, 1.165) is 83.0 Å². The number of carboxylic acids is 2. The zero-order valence-corrected chi connectivity index (χ0v) is 24.7. The standard InChI is InChI=1S/C27H36N4O2.C4H6O6/c1-20-3-10-26(31-13-11-29(2)12-14-31)25-19-22(6-9-24(20)25)28-27(32)21-4-7-23(8-5-21)30-15-17-33-18-16-30;5-1(3(7)8)2(6)4(9)10/h3-5,7-8,10,22H,6,9,11-19H2,1-2H3,(H,28,32);1-2,5-6H,(H,7,8)(H,9,10). The van der Waals surface area contributed by atoms with Crippen LogP contribution in [0.3, 0.4) is 0 Å². The number of aliphatic hydroxyl groups excluding tert-OH is 2. The van der Waals surface area contributed by atoms with Crippen molar-refractivity contribution in [1.82, 2.24) is 10.2 Å². The Morgan fingerprint density at radius 2 is 1.44 bits per heavy atom. The Labute approximate surface area is 251 Å². The van der Waals surface area contributed by atoms with Crippen molar-refractivity contribution in [2.45, 2.75) is 44.4 Å². The van der Waals surface area contributed by atoms with E-state index in [2.05, 4.69) is 58.3 Å². The lowest BCUT2D eigenvalue weighted by Gasteiger charge is -2.37. The van der Waals surface area contributed by atoms with Gasteiger partial charge in [-0.25, -0.2) is 9.59 Å². The number of hydrogen-bond donors (Lipinski definition) is 5. The van der Waals surface area contributed by atoms with Crippen LogP contribution in [0, 0.1) is 6.92 Å². The molecule has 3 unspecified atom stereocenters. The Balaban J connectivity index is 0.000000365. The van der Waals surface area contributed by atoms with E-state index >= 15 is 0 Å². The van der Waals surface area contributed by atoms with E-state index in [0.29, 0.717) is 0 Å². The van der Waals surface area contributed by atoms with Crippen LogP contribution in [0.15, 0.2) is 36.4 Å². The van der Waals surface area contributed by atoms with Crippen LogP contribution in [0.5, 0.6) is 0 Å². The average molecular weight is 599 g/mol. The number of nitrogens with one attached hydrogen (secondary N) is 1. The zero-order valence-electron chi connectivity index (χ0n) is 24.7. The smallest absolute Gasteiger partial charge is 0.335 e. The number of fused-ring (bicyclic) bond motifs is 1. The number of hydrogen-bond acceptors (Lipinski definition) is 9. The first-order chi connectivity index (χ1) is 20.5. The van der Waals surface area contributed by atoms with Crippen molar-refractivity contribution in [2.24, 2.45) is 0 Å². The summed E-state index contributed by atoms with van der Waals surface area (Å²) in [7, 11) is 2.20. The van der Waals surface area contributed by atoms with Gasteiger partial charge in [-0.1, -0.05) is 6.07 Å². The Hall–Kier alpha value is -3.71. The molecule has 1 amide bonds. The molecule has 0 spiro atoms. The number of anilines is 2. The Morgan fingerprint density at radius 3 is 2.02 bits per heavy atom. The minimum atomic E-state index is -2.27. The summed E-state index contributed by atoms with van der Waals surface area (Å²) in [6, 6.07) is 12.8. The lowest BCUT2D eigenvalue weighted by molar-refractivity contribution is -0.165. The van der Waals surface area contributed by atoms with Crippen molar-refractivity contribution >= 4 is 29.2 Å². The van der Waals surface area contributed by atoms with Crippen molar-refractivity contribution in [1.29, 1.82) is 0 Å². The Bertz CT molecular complexity index is 1260. The molecule has 12 heteroatoms. The number of benzene rings is 2. The van der Waals surface area contributed by atoms with Gasteiger partial charge in [0.05, 0.1) is 13.2 Å². The second-order valence-corrected chi connectivity index (χ2v) is 11.3. The van der Waals surface area contributed by atoms with E-state index in [9.17, 15) is 14.4 Å². The SMILES string of the molecule is Cc1ccc(N2CCN(C)CC2)c2c1CCC(NC(=O)c1ccc(N3CCOCC3)cc1)C2.O=C(O)C(O)C(O)C(=O)O. The summed E-state index contributed by atoms with van der Waals surface area (Å²) in [6.07, 6.45) is -1.59. The van der Waals surface area contributed by atoms with Crippen LogP contribution in [0.1, 0.15) is 33.5 Å². The fourth-order valence-electron chi connectivity index (χ4n) is 5.69. The van der Waals surface area contributed by atoms with Gasteiger partial charge in [-0.05, 0) is 80.3 Å². The molecule has 0 saturated carbocycles. The van der Waals surface area contributed by atoms with Gasteiger partial charge in [0.1, 0.15) is 0 Å². The predicted molar refractivity (Wildman–Crippen MR) is 161 cm³/mol. The molecule has 2 saturated heterocycles. The van der Waals surface area contributed by atoms with Gasteiger partial charge in [-0.2, -0.15) is 0 Å². The van der Waals surface area contributed by atoms with Gasteiger partial charge in [0, 0.05) is 62.2 Å². The highest BCUT2D eigenvalue weighted by Crippen LogP contribution is 2.33. The van der Waals surface area contributed by atoms with E-state index in [1.807, 2.05) is 12.1 Å². The fourth-order valence-corrected chi connectivity index (χ4v) is 5.69.